The van der Waals surface area contributed by atoms with Gasteiger partial charge in [0.05, 0.1) is 18.2 Å². The summed E-state index contributed by atoms with van der Waals surface area (Å²) in [7, 11) is 3.62. The summed E-state index contributed by atoms with van der Waals surface area (Å²) < 4.78 is 5.30. The molecule has 1 aromatic carbocycles. The van der Waals surface area contributed by atoms with Gasteiger partial charge in [0.25, 0.3) is 0 Å². The van der Waals surface area contributed by atoms with Crippen molar-refractivity contribution in [1.29, 1.82) is 0 Å². The van der Waals surface area contributed by atoms with Gasteiger partial charge in [-0.25, -0.2) is 0 Å². The molecular weight excluding hydrogens is 278 g/mol. The van der Waals surface area contributed by atoms with Gasteiger partial charge < -0.3 is 10.1 Å². The molecule has 2 nitrogen and oxygen atoms in total. The highest BCUT2D eigenvalue weighted by molar-refractivity contribution is 7.10. The zero-order chi connectivity index (χ0) is 13.8. The molecule has 1 unspecified atom stereocenters. The van der Waals surface area contributed by atoms with Crippen LogP contribution in [0.5, 0.6) is 5.75 Å². The van der Waals surface area contributed by atoms with E-state index >= 15 is 0 Å². The molecule has 2 rings (SSSR count). The maximum absolute atomic E-state index is 6.08. The van der Waals surface area contributed by atoms with E-state index in [9.17, 15) is 0 Å². The molecule has 1 heterocycles. The van der Waals surface area contributed by atoms with E-state index in [1.54, 1.807) is 18.4 Å². The van der Waals surface area contributed by atoms with Crippen molar-refractivity contribution < 1.29 is 4.74 Å². The van der Waals surface area contributed by atoms with Crippen molar-refractivity contribution in [2.45, 2.75) is 19.4 Å². The molecule has 4 heteroatoms. The van der Waals surface area contributed by atoms with E-state index in [2.05, 4.69) is 23.7 Å². The van der Waals surface area contributed by atoms with Crippen LogP contribution in [0.4, 0.5) is 0 Å². The summed E-state index contributed by atoms with van der Waals surface area (Å²) in [5, 5.41) is 6.16. The Morgan fingerprint density at radius 2 is 2.16 bits per heavy atom. The van der Waals surface area contributed by atoms with E-state index in [-0.39, 0.29) is 6.04 Å². The van der Waals surface area contributed by atoms with Crippen molar-refractivity contribution in [3.63, 3.8) is 0 Å². The topological polar surface area (TPSA) is 21.3 Å². The third-order valence-electron chi connectivity index (χ3n) is 3.22. The van der Waals surface area contributed by atoms with Crippen LogP contribution in [-0.4, -0.2) is 14.2 Å². The minimum Gasteiger partial charge on any atom is -0.495 e. The fourth-order valence-corrected chi connectivity index (χ4v) is 3.53. The van der Waals surface area contributed by atoms with Crippen LogP contribution < -0.4 is 10.1 Å². The highest BCUT2D eigenvalue weighted by Crippen LogP contribution is 2.34. The van der Waals surface area contributed by atoms with Crippen LogP contribution in [0, 0.1) is 0 Å². The Kier molecular flexibility index (Phi) is 4.86. The first-order valence-corrected chi connectivity index (χ1v) is 7.54. The average molecular weight is 296 g/mol. The molecule has 0 fully saturated rings. The van der Waals surface area contributed by atoms with Gasteiger partial charge in [0.15, 0.2) is 0 Å². The molecule has 0 radical (unpaired) electrons. The van der Waals surface area contributed by atoms with Gasteiger partial charge in [-0.3, -0.25) is 0 Å². The molecule has 2 aromatic rings. The smallest absolute Gasteiger partial charge is 0.137 e. The van der Waals surface area contributed by atoms with Crippen LogP contribution >= 0.6 is 22.9 Å². The predicted octanol–water partition coefficient (Wildman–Crippen LogP) is 4.28. The number of hydrogen-bond donors (Lipinski definition) is 1. The van der Waals surface area contributed by atoms with Crippen LogP contribution in [0.1, 0.15) is 29.0 Å². The number of rotatable bonds is 5. The monoisotopic (exact) mass is 295 g/mol. The zero-order valence-electron chi connectivity index (χ0n) is 11.4. The minimum absolute atomic E-state index is 0.182. The standard InChI is InChI=1S/C15H18ClNOS/c1-4-10-7-8-19-15(10)14(17-2)11-5-6-12(16)13(9-11)18-3/h5-9,14,17H,4H2,1-3H3. The van der Waals surface area contributed by atoms with Crippen LogP contribution in [0.3, 0.4) is 0 Å². The van der Waals surface area contributed by atoms with E-state index in [0.29, 0.717) is 10.8 Å². The molecule has 1 atom stereocenters. The fraction of sp³-hybridized carbons (Fsp3) is 0.333. The molecule has 0 saturated carbocycles. The maximum Gasteiger partial charge on any atom is 0.137 e. The molecule has 0 bridgehead atoms. The third kappa shape index (κ3) is 2.94. The first-order valence-electron chi connectivity index (χ1n) is 6.28. The quantitative estimate of drug-likeness (QED) is 0.889. The summed E-state index contributed by atoms with van der Waals surface area (Å²) >= 11 is 7.87. The fourth-order valence-electron chi connectivity index (χ4n) is 2.20. The molecular formula is C15H18ClNOS. The molecule has 0 amide bonds. The molecule has 0 aliphatic carbocycles. The van der Waals surface area contributed by atoms with Crippen molar-refractivity contribution in [2.75, 3.05) is 14.2 Å². The number of methoxy groups -OCH3 is 1. The lowest BCUT2D eigenvalue weighted by molar-refractivity contribution is 0.414. The molecule has 0 aliphatic rings. The van der Waals surface area contributed by atoms with Crippen molar-refractivity contribution in [3.05, 3.63) is 50.7 Å². The van der Waals surface area contributed by atoms with Gasteiger partial charge in [-0.1, -0.05) is 24.6 Å². The SMILES string of the molecule is CCc1ccsc1C(NC)c1ccc(Cl)c(OC)c1. The molecule has 19 heavy (non-hydrogen) atoms. The summed E-state index contributed by atoms with van der Waals surface area (Å²) in [4.78, 5) is 1.36. The average Bonchev–Trinajstić information content (AvgIpc) is 2.89. The first kappa shape index (κ1) is 14.4. The lowest BCUT2D eigenvalue weighted by Crippen LogP contribution is -2.17. The van der Waals surface area contributed by atoms with Gasteiger partial charge in [0, 0.05) is 4.88 Å². The largest absolute Gasteiger partial charge is 0.495 e. The number of halogens is 1. The highest BCUT2D eigenvalue weighted by atomic mass is 35.5. The van der Waals surface area contributed by atoms with E-state index in [0.717, 1.165) is 6.42 Å². The van der Waals surface area contributed by atoms with Crippen LogP contribution in [0.2, 0.25) is 5.02 Å². The van der Waals surface area contributed by atoms with Crippen LogP contribution in [0.15, 0.2) is 29.6 Å². The minimum atomic E-state index is 0.182. The Hall–Kier alpha value is -1.03. The van der Waals surface area contributed by atoms with Crippen molar-refractivity contribution in [1.82, 2.24) is 5.32 Å². The number of aryl methyl sites for hydroxylation is 1. The lowest BCUT2D eigenvalue weighted by atomic mass is 10.0. The predicted molar refractivity (Wildman–Crippen MR) is 82.6 cm³/mol. The third-order valence-corrected chi connectivity index (χ3v) is 4.56. The van der Waals surface area contributed by atoms with E-state index in [1.165, 1.54) is 16.0 Å². The molecule has 0 spiro atoms. The van der Waals surface area contributed by atoms with Crippen molar-refractivity contribution in [3.8, 4) is 5.75 Å². The van der Waals surface area contributed by atoms with E-state index in [1.807, 2.05) is 25.2 Å². The zero-order valence-corrected chi connectivity index (χ0v) is 12.9. The summed E-state index contributed by atoms with van der Waals surface area (Å²) in [5.41, 5.74) is 2.55. The number of nitrogens with one attached hydrogen (secondary N) is 1. The van der Waals surface area contributed by atoms with Gasteiger partial charge in [0.1, 0.15) is 5.75 Å². The Balaban J connectivity index is 2.42. The van der Waals surface area contributed by atoms with E-state index in [4.69, 9.17) is 16.3 Å². The van der Waals surface area contributed by atoms with Gasteiger partial charge in [-0.15, -0.1) is 11.3 Å². The Morgan fingerprint density at radius 3 is 2.79 bits per heavy atom. The van der Waals surface area contributed by atoms with E-state index < -0.39 is 0 Å². The molecule has 0 aliphatic heterocycles. The first-order chi connectivity index (χ1) is 9.21. The van der Waals surface area contributed by atoms with Crippen LogP contribution in [0.25, 0.3) is 0 Å². The summed E-state index contributed by atoms with van der Waals surface area (Å²) in [6, 6.07) is 8.31. The van der Waals surface area contributed by atoms with Gasteiger partial charge in [-0.2, -0.15) is 0 Å². The molecule has 1 aromatic heterocycles. The highest BCUT2D eigenvalue weighted by Gasteiger charge is 2.17. The Morgan fingerprint density at radius 1 is 1.37 bits per heavy atom. The van der Waals surface area contributed by atoms with Crippen molar-refractivity contribution >= 4 is 22.9 Å². The normalized spacial score (nSPS) is 12.4. The molecule has 0 saturated heterocycles. The lowest BCUT2D eigenvalue weighted by Gasteiger charge is -2.18. The second kappa shape index (κ2) is 6.42. The summed E-state index contributed by atoms with van der Waals surface area (Å²) in [6.45, 7) is 2.18. The number of benzene rings is 1. The summed E-state index contributed by atoms with van der Waals surface area (Å²) in [5.74, 6) is 0.717. The number of thiophene rings is 1. The van der Waals surface area contributed by atoms with Gasteiger partial charge in [0.2, 0.25) is 0 Å². The second-order valence-corrected chi connectivity index (χ2v) is 5.63. The molecule has 1 N–H and O–H groups in total. The molecule has 102 valence electrons. The van der Waals surface area contributed by atoms with Gasteiger partial charge >= 0.3 is 0 Å². The number of ether oxygens (including phenoxy) is 1. The second-order valence-electron chi connectivity index (χ2n) is 4.28. The van der Waals surface area contributed by atoms with Crippen molar-refractivity contribution in [2.24, 2.45) is 0 Å². The van der Waals surface area contributed by atoms with Gasteiger partial charge in [-0.05, 0) is 48.2 Å². The van der Waals surface area contributed by atoms with Crippen LogP contribution in [-0.2, 0) is 6.42 Å². The maximum atomic E-state index is 6.08. The Bertz CT molecular complexity index is 553. The number of hydrogen-bond acceptors (Lipinski definition) is 3. The summed E-state index contributed by atoms with van der Waals surface area (Å²) in [6.07, 6.45) is 1.04. The Labute approximate surface area is 123 Å².